The number of H-pyrrole nitrogens is 1. The summed E-state index contributed by atoms with van der Waals surface area (Å²) in [4.78, 5) is 0. The molecule has 0 aliphatic heterocycles. The summed E-state index contributed by atoms with van der Waals surface area (Å²) in [7, 11) is -3.69. The van der Waals surface area contributed by atoms with Crippen LogP contribution in [0.1, 0.15) is 25.3 Å². The molecule has 0 amide bonds. The van der Waals surface area contributed by atoms with Crippen LogP contribution >= 0.6 is 11.6 Å². The second-order valence-electron chi connectivity index (χ2n) is 4.62. The Morgan fingerprint density at radius 1 is 1.29 bits per heavy atom. The maximum atomic E-state index is 12.9. The first-order valence-corrected chi connectivity index (χ1v) is 8.74. The Morgan fingerprint density at radius 2 is 2.00 bits per heavy atom. The van der Waals surface area contributed by atoms with Crippen LogP contribution in [0.15, 0.2) is 41.6 Å². The molecule has 2 aromatic rings. The second kappa shape index (κ2) is 6.95. The molecular formula is C14H18ClN3O2S. The monoisotopic (exact) mass is 327 g/mol. The van der Waals surface area contributed by atoms with Crippen molar-refractivity contribution in [2.75, 3.05) is 10.8 Å². The van der Waals surface area contributed by atoms with Gasteiger partial charge in [-0.15, -0.1) is 11.6 Å². The predicted octanol–water partition coefficient (Wildman–Crippen LogP) is 3.14. The molecule has 0 unspecified atom stereocenters. The first-order chi connectivity index (χ1) is 10.1. The van der Waals surface area contributed by atoms with Crippen molar-refractivity contribution in [1.82, 2.24) is 10.2 Å². The maximum Gasteiger partial charge on any atom is 0.281 e. The van der Waals surface area contributed by atoms with Crippen molar-refractivity contribution in [2.24, 2.45) is 0 Å². The number of sulfonamides is 1. The molecule has 0 aliphatic carbocycles. The third-order valence-corrected chi connectivity index (χ3v) is 5.26. The average molecular weight is 328 g/mol. The summed E-state index contributed by atoms with van der Waals surface area (Å²) >= 11 is 5.79. The van der Waals surface area contributed by atoms with Crippen LogP contribution in [-0.2, 0) is 15.9 Å². The Balaban J connectivity index is 2.45. The lowest BCUT2D eigenvalue weighted by Gasteiger charge is -2.24. The van der Waals surface area contributed by atoms with Gasteiger partial charge in [-0.05, 0) is 18.6 Å². The Kier molecular flexibility index (Phi) is 5.25. The van der Waals surface area contributed by atoms with E-state index in [0.29, 0.717) is 17.8 Å². The molecule has 7 heteroatoms. The maximum absolute atomic E-state index is 12.9. The van der Waals surface area contributed by atoms with Gasteiger partial charge in [-0.2, -0.15) is 13.5 Å². The van der Waals surface area contributed by atoms with Crippen molar-refractivity contribution in [3.63, 3.8) is 0 Å². The lowest BCUT2D eigenvalue weighted by atomic mass is 10.3. The molecule has 1 aromatic heterocycles. The Morgan fingerprint density at radius 3 is 2.62 bits per heavy atom. The number of anilines is 1. The molecule has 21 heavy (non-hydrogen) atoms. The lowest BCUT2D eigenvalue weighted by Crippen LogP contribution is -2.32. The van der Waals surface area contributed by atoms with Crippen LogP contribution in [0.2, 0.25) is 0 Å². The SMILES string of the molecule is CCCCN(c1ccccc1)S(=O)(=O)c1[nH]ncc1CCl. The predicted molar refractivity (Wildman–Crippen MR) is 84.0 cm³/mol. The van der Waals surface area contributed by atoms with Crippen molar-refractivity contribution in [3.8, 4) is 0 Å². The van der Waals surface area contributed by atoms with Gasteiger partial charge >= 0.3 is 0 Å². The van der Waals surface area contributed by atoms with Crippen molar-refractivity contribution < 1.29 is 8.42 Å². The number of hydrogen-bond acceptors (Lipinski definition) is 3. The van der Waals surface area contributed by atoms with Gasteiger partial charge in [-0.3, -0.25) is 9.40 Å². The Bertz CT molecular complexity index is 671. The molecule has 0 aliphatic rings. The van der Waals surface area contributed by atoms with E-state index < -0.39 is 10.0 Å². The number of aromatic amines is 1. The standard InChI is InChI=1S/C14H18ClN3O2S/c1-2-3-9-18(13-7-5-4-6-8-13)21(19,20)14-12(10-15)11-16-17-14/h4-8,11H,2-3,9-10H2,1H3,(H,16,17). The fraction of sp³-hybridized carbons (Fsp3) is 0.357. The van der Waals surface area contributed by atoms with E-state index in [9.17, 15) is 8.42 Å². The van der Waals surface area contributed by atoms with Gasteiger partial charge in [0.25, 0.3) is 10.0 Å². The molecule has 1 heterocycles. The van der Waals surface area contributed by atoms with Crippen LogP contribution in [0.25, 0.3) is 0 Å². The highest BCUT2D eigenvalue weighted by Crippen LogP contribution is 2.25. The van der Waals surface area contributed by atoms with Crippen molar-refractivity contribution in [3.05, 3.63) is 42.1 Å². The quantitative estimate of drug-likeness (QED) is 0.794. The minimum absolute atomic E-state index is 0.0671. The molecule has 0 saturated heterocycles. The number of halogens is 1. The molecule has 114 valence electrons. The van der Waals surface area contributed by atoms with Gasteiger partial charge in [-0.25, -0.2) is 0 Å². The van der Waals surface area contributed by atoms with E-state index in [1.807, 2.05) is 25.1 Å². The van der Waals surface area contributed by atoms with E-state index in [1.165, 1.54) is 10.5 Å². The van der Waals surface area contributed by atoms with E-state index >= 15 is 0 Å². The van der Waals surface area contributed by atoms with Crippen LogP contribution in [0.3, 0.4) is 0 Å². The van der Waals surface area contributed by atoms with Gasteiger partial charge in [0.05, 0.1) is 17.8 Å². The van der Waals surface area contributed by atoms with E-state index in [2.05, 4.69) is 10.2 Å². The molecule has 0 saturated carbocycles. The summed E-state index contributed by atoms with van der Waals surface area (Å²) in [5.74, 6) is 0.0987. The smallest absolute Gasteiger partial charge is 0.266 e. The third kappa shape index (κ3) is 3.39. The van der Waals surface area contributed by atoms with Crippen molar-refractivity contribution in [1.29, 1.82) is 0 Å². The van der Waals surface area contributed by atoms with E-state index in [4.69, 9.17) is 11.6 Å². The number of para-hydroxylation sites is 1. The molecule has 0 radical (unpaired) electrons. The van der Waals surface area contributed by atoms with Crippen LogP contribution in [-0.4, -0.2) is 25.2 Å². The Labute approximate surface area is 130 Å². The number of benzene rings is 1. The molecule has 1 aromatic carbocycles. The zero-order valence-electron chi connectivity index (χ0n) is 11.8. The van der Waals surface area contributed by atoms with Gasteiger partial charge in [0.15, 0.2) is 5.03 Å². The van der Waals surface area contributed by atoms with Gasteiger partial charge in [0.2, 0.25) is 0 Å². The van der Waals surface area contributed by atoms with Gasteiger partial charge in [0, 0.05) is 12.1 Å². The summed E-state index contributed by atoms with van der Waals surface area (Å²) in [5, 5.41) is 6.43. The highest BCUT2D eigenvalue weighted by Gasteiger charge is 2.28. The fourth-order valence-corrected chi connectivity index (χ4v) is 3.91. The average Bonchev–Trinajstić information content (AvgIpc) is 2.98. The number of rotatable bonds is 7. The summed E-state index contributed by atoms with van der Waals surface area (Å²) in [6.45, 7) is 2.44. The third-order valence-electron chi connectivity index (χ3n) is 3.13. The van der Waals surface area contributed by atoms with Gasteiger partial charge in [0.1, 0.15) is 0 Å². The first-order valence-electron chi connectivity index (χ1n) is 6.77. The number of hydrogen-bond donors (Lipinski definition) is 1. The number of unbranched alkanes of at least 4 members (excludes halogenated alkanes) is 1. The first kappa shape index (κ1) is 15.9. The molecule has 0 spiro atoms. The highest BCUT2D eigenvalue weighted by atomic mass is 35.5. The minimum Gasteiger partial charge on any atom is -0.266 e. The zero-order valence-corrected chi connectivity index (χ0v) is 13.4. The van der Waals surface area contributed by atoms with E-state index in [-0.39, 0.29) is 10.9 Å². The molecule has 5 nitrogen and oxygen atoms in total. The number of nitrogens with zero attached hydrogens (tertiary/aromatic N) is 2. The summed E-state index contributed by atoms with van der Waals surface area (Å²) < 4.78 is 27.2. The number of aromatic nitrogens is 2. The van der Waals surface area contributed by atoms with Crippen LogP contribution < -0.4 is 4.31 Å². The van der Waals surface area contributed by atoms with Crippen LogP contribution in [0, 0.1) is 0 Å². The summed E-state index contributed by atoms with van der Waals surface area (Å²) in [6, 6.07) is 9.06. The van der Waals surface area contributed by atoms with Crippen LogP contribution in [0.4, 0.5) is 5.69 Å². The fourth-order valence-electron chi connectivity index (χ4n) is 2.01. The zero-order chi connectivity index (χ0) is 15.3. The molecule has 0 fully saturated rings. The van der Waals surface area contributed by atoms with E-state index in [0.717, 1.165) is 12.8 Å². The van der Waals surface area contributed by atoms with Crippen molar-refractivity contribution >= 4 is 27.3 Å². The summed E-state index contributed by atoms with van der Waals surface area (Å²) in [5.41, 5.74) is 1.12. The number of alkyl halides is 1. The largest absolute Gasteiger partial charge is 0.281 e. The molecular weight excluding hydrogens is 310 g/mol. The van der Waals surface area contributed by atoms with Crippen molar-refractivity contribution in [2.45, 2.75) is 30.7 Å². The minimum atomic E-state index is -3.69. The van der Waals surface area contributed by atoms with Gasteiger partial charge in [-0.1, -0.05) is 31.5 Å². The summed E-state index contributed by atoms with van der Waals surface area (Å²) in [6.07, 6.45) is 3.13. The Hall–Kier alpha value is -1.53. The number of nitrogens with one attached hydrogen (secondary N) is 1. The lowest BCUT2D eigenvalue weighted by molar-refractivity contribution is 0.583. The van der Waals surface area contributed by atoms with E-state index in [1.54, 1.807) is 12.1 Å². The molecule has 2 rings (SSSR count). The molecule has 0 bridgehead atoms. The van der Waals surface area contributed by atoms with Gasteiger partial charge < -0.3 is 0 Å². The van der Waals surface area contributed by atoms with Crippen LogP contribution in [0.5, 0.6) is 0 Å². The molecule has 0 atom stereocenters. The normalized spacial score (nSPS) is 11.5. The topological polar surface area (TPSA) is 66.1 Å². The molecule has 1 N–H and O–H groups in total. The second-order valence-corrected chi connectivity index (χ2v) is 6.69. The highest BCUT2D eigenvalue weighted by molar-refractivity contribution is 7.92.